The highest BCUT2D eigenvalue weighted by atomic mass is 32.1. The van der Waals surface area contributed by atoms with Crippen LogP contribution in [0.25, 0.3) is 131 Å². The molecule has 0 N–H and O–H groups in total. The Balaban J connectivity index is 1.03. The van der Waals surface area contributed by atoms with Crippen LogP contribution < -0.4 is 0 Å². The lowest BCUT2D eigenvalue weighted by Crippen LogP contribution is -2.00. The molecule has 0 saturated carbocycles. The summed E-state index contributed by atoms with van der Waals surface area (Å²) in [5, 5.41) is 10.4. The van der Waals surface area contributed by atoms with E-state index >= 15 is 0 Å². The van der Waals surface area contributed by atoms with Gasteiger partial charge in [0.1, 0.15) is 16.8 Å². The molecule has 13 aromatic rings. The average molecular weight is 810 g/mol. The number of hydrogen-bond donors (Lipinski definition) is 0. The standard InChI is InChI=1S/C55H31N5OS/c1-3-14-32(15-4-1)52-56-49(51-50(57-52)41-22-11-12-24-45(41)61-51)34-27-29-46-44(30-34)48-42(23-13-25-47(48)62-46)55-59-53(33-16-5-2-6-17-33)58-54(60-55)35-26-28-40-38-20-8-7-18-36(38)37-19-9-10-21-39(37)43(40)31-35/h1-31H. The van der Waals surface area contributed by atoms with Gasteiger partial charge >= 0.3 is 0 Å². The smallest absolute Gasteiger partial charge is 0.180 e. The van der Waals surface area contributed by atoms with Crippen molar-refractivity contribution in [2.45, 2.75) is 0 Å². The number of nitrogens with zero attached hydrogens (tertiary/aromatic N) is 5. The van der Waals surface area contributed by atoms with Crippen LogP contribution in [0.2, 0.25) is 0 Å². The van der Waals surface area contributed by atoms with Crippen molar-refractivity contribution in [2.75, 3.05) is 0 Å². The second-order valence-electron chi connectivity index (χ2n) is 15.6. The molecule has 0 aliphatic rings. The molecule has 4 heterocycles. The van der Waals surface area contributed by atoms with Crippen LogP contribution in [0.1, 0.15) is 0 Å². The van der Waals surface area contributed by atoms with Gasteiger partial charge in [-0.25, -0.2) is 24.9 Å². The second-order valence-corrected chi connectivity index (χ2v) is 16.6. The Labute approximate surface area is 358 Å². The van der Waals surface area contributed by atoms with Crippen molar-refractivity contribution in [2.24, 2.45) is 0 Å². The molecule has 62 heavy (non-hydrogen) atoms. The lowest BCUT2D eigenvalue weighted by molar-refractivity contribution is 0.667. The first-order valence-electron chi connectivity index (χ1n) is 20.6. The zero-order chi connectivity index (χ0) is 40.7. The van der Waals surface area contributed by atoms with Crippen molar-refractivity contribution in [1.82, 2.24) is 24.9 Å². The van der Waals surface area contributed by atoms with Gasteiger partial charge in [-0.1, -0.05) is 152 Å². The minimum absolute atomic E-state index is 0.612. The predicted octanol–water partition coefficient (Wildman–Crippen LogP) is 14.7. The zero-order valence-corrected chi connectivity index (χ0v) is 33.8. The minimum atomic E-state index is 0.612. The number of rotatable bonds is 5. The summed E-state index contributed by atoms with van der Waals surface area (Å²) in [7, 11) is 0. The van der Waals surface area contributed by atoms with Crippen LogP contribution in [0.15, 0.2) is 192 Å². The van der Waals surface area contributed by atoms with Gasteiger partial charge < -0.3 is 4.42 Å². The largest absolute Gasteiger partial charge is 0.452 e. The van der Waals surface area contributed by atoms with Gasteiger partial charge in [-0.3, -0.25) is 0 Å². The number of aromatic nitrogens is 5. The lowest BCUT2D eigenvalue weighted by Gasteiger charge is -2.13. The van der Waals surface area contributed by atoms with Gasteiger partial charge in [-0.15, -0.1) is 11.3 Å². The quantitative estimate of drug-likeness (QED) is 0.161. The van der Waals surface area contributed by atoms with Crippen molar-refractivity contribution in [1.29, 1.82) is 0 Å². The Morgan fingerprint density at radius 2 is 0.887 bits per heavy atom. The Morgan fingerprint density at radius 1 is 0.339 bits per heavy atom. The van der Waals surface area contributed by atoms with Gasteiger partial charge in [-0.05, 0) is 68.7 Å². The van der Waals surface area contributed by atoms with E-state index < -0.39 is 0 Å². The fourth-order valence-corrected chi connectivity index (χ4v) is 10.2. The molecule has 0 saturated heterocycles. The molecule has 7 heteroatoms. The van der Waals surface area contributed by atoms with Crippen molar-refractivity contribution in [3.63, 3.8) is 0 Å². The van der Waals surface area contributed by atoms with E-state index in [1.165, 1.54) is 26.9 Å². The third kappa shape index (κ3) is 5.45. The number of hydrogen-bond acceptors (Lipinski definition) is 7. The molecular weight excluding hydrogens is 779 g/mol. The fourth-order valence-electron chi connectivity index (χ4n) is 9.05. The Morgan fingerprint density at radius 3 is 1.60 bits per heavy atom. The molecule has 0 amide bonds. The van der Waals surface area contributed by atoms with Crippen molar-refractivity contribution < 1.29 is 4.42 Å². The van der Waals surface area contributed by atoms with E-state index in [9.17, 15) is 0 Å². The topological polar surface area (TPSA) is 77.6 Å². The summed E-state index contributed by atoms with van der Waals surface area (Å²) in [5.41, 5.74) is 7.65. The first kappa shape index (κ1) is 34.7. The Bertz CT molecular complexity index is 3900. The molecular formula is C55H31N5OS. The molecule has 0 aliphatic carbocycles. The summed E-state index contributed by atoms with van der Waals surface area (Å²) in [6, 6.07) is 65.2. The molecule has 0 radical (unpaired) electrons. The summed E-state index contributed by atoms with van der Waals surface area (Å²) < 4.78 is 8.83. The highest BCUT2D eigenvalue weighted by Gasteiger charge is 2.21. The molecule has 0 unspecified atom stereocenters. The molecule has 0 fully saturated rings. The van der Waals surface area contributed by atoms with Crippen molar-refractivity contribution >= 4 is 85.9 Å². The third-order valence-electron chi connectivity index (χ3n) is 11.9. The van der Waals surface area contributed by atoms with Crippen LogP contribution in [0.5, 0.6) is 0 Å². The first-order valence-corrected chi connectivity index (χ1v) is 21.4. The van der Waals surface area contributed by atoms with Crippen LogP contribution in [0, 0.1) is 0 Å². The van der Waals surface area contributed by atoms with Crippen LogP contribution in [-0.2, 0) is 0 Å². The number of para-hydroxylation sites is 1. The Hall–Kier alpha value is -8.13. The average Bonchev–Trinajstić information content (AvgIpc) is 3.92. The minimum Gasteiger partial charge on any atom is -0.452 e. The molecule has 6 nitrogen and oxygen atoms in total. The van der Waals surface area contributed by atoms with Crippen molar-refractivity contribution in [3.05, 3.63) is 188 Å². The molecule has 288 valence electrons. The van der Waals surface area contributed by atoms with Crippen LogP contribution in [0.4, 0.5) is 0 Å². The monoisotopic (exact) mass is 809 g/mol. The van der Waals surface area contributed by atoms with Gasteiger partial charge in [0.05, 0.1) is 0 Å². The molecule has 0 spiro atoms. The van der Waals surface area contributed by atoms with Gasteiger partial charge in [0.25, 0.3) is 0 Å². The summed E-state index contributed by atoms with van der Waals surface area (Å²) in [4.78, 5) is 26.0. The van der Waals surface area contributed by atoms with Crippen LogP contribution >= 0.6 is 11.3 Å². The van der Waals surface area contributed by atoms with E-state index in [2.05, 4.69) is 121 Å². The third-order valence-corrected chi connectivity index (χ3v) is 13.1. The van der Waals surface area contributed by atoms with E-state index in [1.54, 1.807) is 11.3 Å². The summed E-state index contributed by atoms with van der Waals surface area (Å²) in [6.45, 7) is 0. The van der Waals surface area contributed by atoms with E-state index in [0.29, 0.717) is 28.9 Å². The highest BCUT2D eigenvalue weighted by molar-refractivity contribution is 7.26. The summed E-state index contributed by atoms with van der Waals surface area (Å²) >= 11 is 1.76. The number of thiophene rings is 1. The molecule has 13 rings (SSSR count). The van der Waals surface area contributed by atoms with Gasteiger partial charge in [-0.2, -0.15) is 0 Å². The molecule has 0 atom stereocenters. The molecule has 9 aromatic carbocycles. The van der Waals surface area contributed by atoms with Crippen molar-refractivity contribution in [3.8, 4) is 56.8 Å². The highest BCUT2D eigenvalue weighted by Crippen LogP contribution is 2.44. The lowest BCUT2D eigenvalue weighted by atomic mass is 9.93. The molecule has 0 aliphatic heterocycles. The number of fused-ring (bicyclic) bond motifs is 12. The SMILES string of the molecule is c1ccc(-c2nc(-c3ccc4c5ccccc5c5ccccc5c4c3)nc(-c3cccc4sc5ccc(-c6nc(-c7ccccc7)nc7c6oc6ccccc67)cc5c34)n2)cc1. The Kier molecular flexibility index (Phi) is 7.67. The van der Waals surface area contributed by atoms with E-state index in [4.69, 9.17) is 29.3 Å². The van der Waals surface area contributed by atoms with Gasteiger partial charge in [0, 0.05) is 53.4 Å². The van der Waals surface area contributed by atoms with Crippen LogP contribution in [0.3, 0.4) is 0 Å². The maximum Gasteiger partial charge on any atom is 0.180 e. The maximum absolute atomic E-state index is 6.54. The predicted molar refractivity (Wildman–Crippen MR) is 255 cm³/mol. The first-order chi connectivity index (χ1) is 30.7. The molecule has 0 bridgehead atoms. The zero-order valence-electron chi connectivity index (χ0n) is 33.0. The second kappa shape index (κ2) is 13.7. The van der Waals surface area contributed by atoms with Gasteiger partial charge in [0.15, 0.2) is 28.9 Å². The summed E-state index contributed by atoms with van der Waals surface area (Å²) in [5.74, 6) is 2.50. The molecule has 4 aromatic heterocycles. The summed E-state index contributed by atoms with van der Waals surface area (Å²) in [6.07, 6.45) is 0. The van der Waals surface area contributed by atoms with Gasteiger partial charge in [0.2, 0.25) is 0 Å². The fraction of sp³-hybridized carbons (Fsp3) is 0. The number of benzene rings is 9. The van der Waals surface area contributed by atoms with E-state index in [-0.39, 0.29) is 0 Å². The maximum atomic E-state index is 6.54. The van der Waals surface area contributed by atoms with E-state index in [0.717, 1.165) is 75.6 Å². The van der Waals surface area contributed by atoms with Crippen LogP contribution in [-0.4, -0.2) is 24.9 Å². The number of furan rings is 1. The normalized spacial score (nSPS) is 11.9. The van der Waals surface area contributed by atoms with E-state index in [1.807, 2.05) is 66.7 Å².